The summed E-state index contributed by atoms with van der Waals surface area (Å²) in [5.74, 6) is -2.43. The second-order valence-electron chi connectivity index (χ2n) is 4.18. The topological polar surface area (TPSA) is 118 Å². The number of rotatable bonds is 4. The molecule has 0 aromatic heterocycles. The van der Waals surface area contributed by atoms with Crippen molar-refractivity contribution in [3.63, 3.8) is 0 Å². The zero-order chi connectivity index (χ0) is 16.2. The van der Waals surface area contributed by atoms with Crippen molar-refractivity contribution in [2.45, 2.75) is 43.8 Å². The summed E-state index contributed by atoms with van der Waals surface area (Å²) in [4.78, 5) is 44.9. The maximum atomic E-state index is 11.7. The van der Waals surface area contributed by atoms with Crippen molar-refractivity contribution in [2.75, 3.05) is 7.11 Å². The minimum atomic E-state index is -1.44. The third-order valence-corrected chi connectivity index (χ3v) is 3.02. The summed E-state index contributed by atoms with van der Waals surface area (Å²) >= 11 is 5.80. The average Bonchev–Trinajstić information content (AvgIpc) is 2.39. The van der Waals surface area contributed by atoms with E-state index in [-0.39, 0.29) is 0 Å². The maximum Gasteiger partial charge on any atom is 0.339 e. The van der Waals surface area contributed by atoms with Crippen molar-refractivity contribution in [3.05, 3.63) is 4.91 Å². The molecule has 0 aromatic carbocycles. The molecule has 0 bridgehead atoms. The molecule has 10 heteroatoms. The fraction of sp³-hybridized carbons (Fsp3) is 0.727. The minimum Gasteiger partial charge on any atom is -0.467 e. The second-order valence-corrected chi connectivity index (χ2v) is 4.61. The molecule has 1 rings (SSSR count). The van der Waals surface area contributed by atoms with E-state index in [1.54, 1.807) is 0 Å². The Bertz CT molecular complexity index is 442. The van der Waals surface area contributed by atoms with E-state index in [2.05, 4.69) is 9.91 Å². The Hall–Kier alpha value is -1.74. The lowest BCUT2D eigenvalue weighted by molar-refractivity contribution is -0.210. The first kappa shape index (κ1) is 17.3. The fourth-order valence-corrected chi connectivity index (χ4v) is 2.18. The fourth-order valence-electron chi connectivity index (χ4n) is 1.88. The average molecular weight is 324 g/mol. The Labute approximate surface area is 124 Å². The van der Waals surface area contributed by atoms with Gasteiger partial charge in [-0.3, -0.25) is 9.59 Å². The molecule has 0 unspecified atom stereocenters. The minimum absolute atomic E-state index is 0.764. The van der Waals surface area contributed by atoms with Crippen LogP contribution in [0, 0.1) is 4.91 Å². The largest absolute Gasteiger partial charge is 0.467 e. The molecule has 0 N–H and O–H groups in total. The van der Waals surface area contributed by atoms with E-state index in [0.29, 0.717) is 0 Å². The molecule has 9 nitrogen and oxygen atoms in total. The molecule has 21 heavy (non-hydrogen) atoms. The van der Waals surface area contributed by atoms with Crippen molar-refractivity contribution in [2.24, 2.45) is 5.18 Å². The van der Waals surface area contributed by atoms with E-state index in [0.717, 1.165) is 21.0 Å². The van der Waals surface area contributed by atoms with Crippen LogP contribution in [0.5, 0.6) is 0 Å². The van der Waals surface area contributed by atoms with Crippen LogP contribution in [-0.4, -0.2) is 54.9 Å². The third-order valence-electron chi connectivity index (χ3n) is 2.66. The van der Waals surface area contributed by atoms with Gasteiger partial charge in [0.05, 0.1) is 7.11 Å². The van der Waals surface area contributed by atoms with Gasteiger partial charge in [0.25, 0.3) is 0 Å². The summed E-state index contributed by atoms with van der Waals surface area (Å²) in [5.41, 5.74) is -1.34. The molecule has 0 aromatic rings. The summed E-state index contributed by atoms with van der Waals surface area (Å²) in [6, 6.07) is -1.35. The van der Waals surface area contributed by atoms with Gasteiger partial charge in [-0.1, -0.05) is 16.8 Å². The highest BCUT2D eigenvalue weighted by Gasteiger charge is 2.53. The third kappa shape index (κ3) is 4.11. The predicted octanol–water partition coefficient (Wildman–Crippen LogP) is 0.121. The first-order valence-electron chi connectivity index (χ1n) is 5.86. The standard InChI is InChI=1S/C11H14ClNO8/c1-4(14)19-7-6(13-17)10(12)21-9(11(16)18-3)8(7)20-5(2)15/h6-10H,1-3H3/t6-,7-,8+,9+,10+/m1/s1. The van der Waals surface area contributed by atoms with Crippen LogP contribution < -0.4 is 0 Å². The predicted molar refractivity (Wildman–Crippen MR) is 67.2 cm³/mol. The zero-order valence-electron chi connectivity index (χ0n) is 11.5. The van der Waals surface area contributed by atoms with Crippen molar-refractivity contribution >= 4 is 29.5 Å². The van der Waals surface area contributed by atoms with Crippen LogP contribution in [-0.2, 0) is 33.3 Å². The SMILES string of the molecule is COC(=O)[C@H]1O[C@H](Cl)[C@H](N=O)[C@@H](OC(C)=O)[C@@H]1OC(C)=O. The molecule has 0 saturated carbocycles. The molecule has 0 aliphatic carbocycles. The molecule has 5 atom stereocenters. The Morgan fingerprint density at radius 2 is 1.62 bits per heavy atom. The van der Waals surface area contributed by atoms with Gasteiger partial charge < -0.3 is 18.9 Å². The number of carbonyl (C=O) groups is 3. The van der Waals surface area contributed by atoms with Gasteiger partial charge in [-0.15, -0.1) is 0 Å². The second kappa shape index (κ2) is 7.32. The lowest BCUT2D eigenvalue weighted by Gasteiger charge is -2.39. The molecular weight excluding hydrogens is 310 g/mol. The Morgan fingerprint density at radius 3 is 2.05 bits per heavy atom. The number of alkyl halides is 1. The quantitative estimate of drug-likeness (QED) is 0.310. The Morgan fingerprint density at radius 1 is 1.10 bits per heavy atom. The van der Waals surface area contributed by atoms with Gasteiger partial charge in [0.15, 0.2) is 29.9 Å². The number of carbonyl (C=O) groups excluding carboxylic acids is 3. The highest BCUT2D eigenvalue weighted by molar-refractivity contribution is 6.20. The van der Waals surface area contributed by atoms with Crippen LogP contribution in [0.15, 0.2) is 5.18 Å². The van der Waals surface area contributed by atoms with Gasteiger partial charge in [-0.25, -0.2) is 4.79 Å². The summed E-state index contributed by atoms with van der Waals surface area (Å²) in [6.45, 7) is 2.16. The molecule has 0 spiro atoms. The van der Waals surface area contributed by atoms with Gasteiger partial charge in [-0.2, -0.15) is 4.91 Å². The molecule has 1 fully saturated rings. The number of halogens is 1. The summed E-state index contributed by atoms with van der Waals surface area (Å²) in [6.07, 6.45) is -4.19. The molecule has 0 radical (unpaired) electrons. The molecular formula is C11H14ClNO8. The number of methoxy groups -OCH3 is 1. The summed E-state index contributed by atoms with van der Waals surface area (Å²) < 4.78 is 19.4. The zero-order valence-corrected chi connectivity index (χ0v) is 12.2. The molecule has 1 heterocycles. The summed E-state index contributed by atoms with van der Waals surface area (Å²) in [5, 5.41) is 2.71. The molecule has 1 aliphatic rings. The number of esters is 3. The molecule has 1 aliphatic heterocycles. The van der Waals surface area contributed by atoms with Gasteiger partial charge in [-0.05, 0) is 0 Å². The number of nitrogens with zero attached hydrogens (tertiary/aromatic N) is 1. The normalized spacial score (nSPS) is 31.9. The molecule has 0 amide bonds. The molecule has 118 valence electrons. The lowest BCUT2D eigenvalue weighted by Crippen LogP contribution is -2.60. The maximum absolute atomic E-state index is 11.7. The van der Waals surface area contributed by atoms with Crippen LogP contribution in [0.2, 0.25) is 0 Å². The first-order chi connectivity index (χ1) is 9.81. The van der Waals surface area contributed by atoms with Crippen LogP contribution in [0.3, 0.4) is 0 Å². The first-order valence-corrected chi connectivity index (χ1v) is 6.29. The van der Waals surface area contributed by atoms with Crippen LogP contribution in [0.25, 0.3) is 0 Å². The van der Waals surface area contributed by atoms with E-state index in [1.165, 1.54) is 0 Å². The number of ether oxygens (including phenoxy) is 4. The van der Waals surface area contributed by atoms with Gasteiger partial charge in [0.1, 0.15) is 0 Å². The Balaban J connectivity index is 3.16. The molecule has 1 saturated heterocycles. The van der Waals surface area contributed by atoms with E-state index in [9.17, 15) is 19.3 Å². The van der Waals surface area contributed by atoms with Crippen molar-refractivity contribution in [1.82, 2.24) is 0 Å². The van der Waals surface area contributed by atoms with Crippen LogP contribution in [0.1, 0.15) is 13.8 Å². The number of hydrogen-bond acceptors (Lipinski definition) is 9. The van der Waals surface area contributed by atoms with Crippen LogP contribution in [0.4, 0.5) is 0 Å². The highest BCUT2D eigenvalue weighted by Crippen LogP contribution is 2.30. The number of nitroso groups, excluding NO2 is 1. The van der Waals surface area contributed by atoms with Gasteiger partial charge >= 0.3 is 17.9 Å². The van der Waals surface area contributed by atoms with E-state index >= 15 is 0 Å². The van der Waals surface area contributed by atoms with Crippen molar-refractivity contribution in [1.29, 1.82) is 0 Å². The highest BCUT2D eigenvalue weighted by atomic mass is 35.5. The van der Waals surface area contributed by atoms with Crippen molar-refractivity contribution < 1.29 is 33.3 Å². The van der Waals surface area contributed by atoms with E-state index < -0.39 is 47.8 Å². The van der Waals surface area contributed by atoms with Gasteiger partial charge in [0, 0.05) is 13.8 Å². The number of hydrogen-bond donors (Lipinski definition) is 0. The van der Waals surface area contributed by atoms with E-state index in [1.807, 2.05) is 0 Å². The van der Waals surface area contributed by atoms with Crippen molar-refractivity contribution in [3.8, 4) is 0 Å². The van der Waals surface area contributed by atoms with E-state index in [4.69, 9.17) is 25.8 Å². The van der Waals surface area contributed by atoms with Crippen LogP contribution >= 0.6 is 11.6 Å². The van der Waals surface area contributed by atoms with Gasteiger partial charge in [0.2, 0.25) is 0 Å². The smallest absolute Gasteiger partial charge is 0.339 e. The Kier molecular flexibility index (Phi) is 6.03. The lowest BCUT2D eigenvalue weighted by atomic mass is 9.97. The summed E-state index contributed by atoms with van der Waals surface area (Å²) in [7, 11) is 1.09. The monoisotopic (exact) mass is 323 g/mol.